The Kier molecular flexibility index (Phi) is 5.65. The number of anilines is 1. The average molecular weight is 416 g/mol. The maximum atomic E-state index is 4.97. The summed E-state index contributed by atoms with van der Waals surface area (Å²) in [5.74, 6) is 2.88. The topological polar surface area (TPSA) is 46.3 Å². The lowest BCUT2D eigenvalue weighted by atomic mass is 9.95. The number of aryl methyl sites for hydroxylation is 3. The van der Waals surface area contributed by atoms with Crippen LogP contribution < -0.4 is 4.90 Å². The van der Waals surface area contributed by atoms with E-state index in [1.807, 2.05) is 11.8 Å². The van der Waals surface area contributed by atoms with E-state index in [1.54, 1.807) is 11.3 Å². The smallest absolute Gasteiger partial charge is 0.186 e. The molecule has 0 N–H and O–H groups in total. The zero-order valence-electron chi connectivity index (χ0n) is 17.4. The number of hydrogen-bond donors (Lipinski definition) is 0. The minimum absolute atomic E-state index is 0.516. The van der Waals surface area contributed by atoms with Gasteiger partial charge in [-0.2, -0.15) is 16.9 Å². The minimum atomic E-state index is 0.516. The Hall–Kier alpha value is -1.60. The van der Waals surface area contributed by atoms with Gasteiger partial charge < -0.3 is 4.90 Å². The molecule has 3 aromatic heterocycles. The molecular formula is C21H29N5S2. The first-order valence-electron chi connectivity index (χ1n) is 10.2. The van der Waals surface area contributed by atoms with E-state index >= 15 is 0 Å². The van der Waals surface area contributed by atoms with Crippen molar-refractivity contribution in [2.75, 3.05) is 29.5 Å². The van der Waals surface area contributed by atoms with Crippen molar-refractivity contribution >= 4 is 33.9 Å². The number of rotatable bonds is 5. The molecule has 0 spiro atoms. The Morgan fingerprint density at radius 1 is 1.04 bits per heavy atom. The summed E-state index contributed by atoms with van der Waals surface area (Å²) in [6, 6.07) is 2.22. The van der Waals surface area contributed by atoms with E-state index in [2.05, 4.69) is 50.1 Å². The minimum Gasteiger partial charge on any atom is -0.346 e. The maximum Gasteiger partial charge on any atom is 0.186 e. The van der Waals surface area contributed by atoms with Crippen molar-refractivity contribution in [2.24, 2.45) is 0 Å². The van der Waals surface area contributed by atoms with E-state index in [9.17, 15) is 0 Å². The Balaban J connectivity index is 1.85. The molecule has 28 heavy (non-hydrogen) atoms. The zero-order chi connectivity index (χ0) is 19.8. The average Bonchev–Trinajstić information content (AvgIpc) is 3.22. The van der Waals surface area contributed by atoms with Crippen LogP contribution in [0, 0.1) is 20.8 Å². The van der Waals surface area contributed by atoms with Crippen molar-refractivity contribution in [3.63, 3.8) is 0 Å². The summed E-state index contributed by atoms with van der Waals surface area (Å²) in [5, 5.41) is 6.00. The van der Waals surface area contributed by atoms with Crippen molar-refractivity contribution in [1.29, 1.82) is 0 Å². The first-order valence-corrected chi connectivity index (χ1v) is 12.2. The maximum absolute atomic E-state index is 4.97. The van der Waals surface area contributed by atoms with E-state index in [4.69, 9.17) is 15.1 Å². The van der Waals surface area contributed by atoms with Gasteiger partial charge in [0.1, 0.15) is 5.69 Å². The molecule has 150 valence electrons. The van der Waals surface area contributed by atoms with Crippen molar-refractivity contribution in [2.45, 2.75) is 53.4 Å². The first kappa shape index (κ1) is 19.7. The highest BCUT2D eigenvalue weighted by Gasteiger charge is 2.24. The molecule has 1 aliphatic rings. The molecule has 0 aliphatic carbocycles. The Labute approximate surface area is 175 Å². The normalized spacial score (nSPS) is 15.1. The van der Waals surface area contributed by atoms with Crippen molar-refractivity contribution < 1.29 is 0 Å². The molecule has 0 amide bonds. The molecule has 0 radical (unpaired) electrons. The second kappa shape index (κ2) is 8.03. The summed E-state index contributed by atoms with van der Waals surface area (Å²) < 4.78 is 2.08. The highest BCUT2D eigenvalue weighted by Crippen LogP contribution is 2.38. The van der Waals surface area contributed by atoms with Gasteiger partial charge in [-0.15, -0.1) is 0 Å². The lowest BCUT2D eigenvalue weighted by Gasteiger charge is -2.25. The monoisotopic (exact) mass is 415 g/mol. The van der Waals surface area contributed by atoms with E-state index in [0.717, 1.165) is 59.5 Å². The predicted molar refractivity (Wildman–Crippen MR) is 121 cm³/mol. The van der Waals surface area contributed by atoms with Gasteiger partial charge in [-0.3, -0.25) is 0 Å². The van der Waals surface area contributed by atoms with Gasteiger partial charge in [0.25, 0.3) is 0 Å². The quantitative estimate of drug-likeness (QED) is 0.571. The van der Waals surface area contributed by atoms with Crippen LogP contribution in [0.5, 0.6) is 0 Å². The van der Waals surface area contributed by atoms with Gasteiger partial charge >= 0.3 is 0 Å². The number of hydrogen-bond acceptors (Lipinski definition) is 6. The van der Waals surface area contributed by atoms with Crippen molar-refractivity contribution in [3.8, 4) is 10.6 Å². The second-order valence-corrected chi connectivity index (χ2v) is 9.75. The number of imidazole rings is 1. The van der Waals surface area contributed by atoms with Gasteiger partial charge in [0.05, 0.1) is 22.0 Å². The van der Waals surface area contributed by atoms with Crippen LogP contribution in [-0.2, 0) is 0 Å². The summed E-state index contributed by atoms with van der Waals surface area (Å²) in [7, 11) is 0. The SMILES string of the molecule is CCC(CC)c1cc(C)nn2c(-c3sc(N4CCSCC4)nc3C)c(C)nc12. The number of thiazole rings is 1. The molecular weight excluding hydrogens is 386 g/mol. The largest absolute Gasteiger partial charge is 0.346 e. The Bertz CT molecular complexity index is 981. The van der Waals surface area contributed by atoms with Gasteiger partial charge in [-0.1, -0.05) is 25.2 Å². The Morgan fingerprint density at radius 3 is 2.43 bits per heavy atom. The molecule has 1 fully saturated rings. The van der Waals surface area contributed by atoms with Crippen LogP contribution in [0.1, 0.15) is 55.3 Å². The fourth-order valence-electron chi connectivity index (χ4n) is 4.06. The van der Waals surface area contributed by atoms with Crippen molar-refractivity contribution in [3.05, 3.63) is 28.7 Å². The molecule has 1 saturated heterocycles. The molecule has 0 unspecified atom stereocenters. The van der Waals surface area contributed by atoms with E-state index in [0.29, 0.717) is 5.92 Å². The molecule has 3 aromatic rings. The van der Waals surface area contributed by atoms with Gasteiger partial charge in [0.2, 0.25) is 0 Å². The Morgan fingerprint density at radius 2 is 1.75 bits per heavy atom. The third-order valence-corrected chi connectivity index (χ3v) is 7.78. The molecule has 0 atom stereocenters. The summed E-state index contributed by atoms with van der Waals surface area (Å²) in [6.07, 6.45) is 2.24. The fraction of sp³-hybridized carbons (Fsp3) is 0.571. The molecule has 0 saturated carbocycles. The molecule has 0 aromatic carbocycles. The second-order valence-electron chi connectivity index (χ2n) is 7.55. The molecule has 7 heteroatoms. The predicted octanol–water partition coefficient (Wildman–Crippen LogP) is 5.23. The summed E-state index contributed by atoms with van der Waals surface area (Å²) in [4.78, 5) is 13.5. The molecule has 4 rings (SSSR count). The standard InChI is InChI=1S/C21H29N5S2/c1-6-16(7-2)17-12-13(3)24-26-18(14(4)22-20(17)26)19-15(5)23-21(28-19)25-8-10-27-11-9-25/h12,16H,6-11H2,1-5H3. The first-order chi connectivity index (χ1) is 13.5. The van der Waals surface area contributed by atoms with Crippen LogP contribution in [-0.4, -0.2) is 44.2 Å². The van der Waals surface area contributed by atoms with E-state index in [1.165, 1.54) is 21.9 Å². The molecule has 4 heterocycles. The van der Waals surface area contributed by atoms with Crippen LogP contribution in [0.25, 0.3) is 16.2 Å². The van der Waals surface area contributed by atoms with Crippen molar-refractivity contribution in [1.82, 2.24) is 19.6 Å². The lowest BCUT2D eigenvalue weighted by Crippen LogP contribution is -2.32. The molecule has 5 nitrogen and oxygen atoms in total. The third kappa shape index (κ3) is 3.43. The van der Waals surface area contributed by atoms with Gasteiger partial charge in [-0.05, 0) is 45.6 Å². The van der Waals surface area contributed by atoms with E-state index < -0.39 is 0 Å². The van der Waals surface area contributed by atoms with Gasteiger partial charge in [-0.25, -0.2) is 14.5 Å². The van der Waals surface area contributed by atoms with Crippen LogP contribution >= 0.6 is 23.1 Å². The molecule has 0 bridgehead atoms. The summed E-state index contributed by atoms with van der Waals surface area (Å²) in [5.41, 5.74) is 6.60. The third-order valence-electron chi connectivity index (χ3n) is 5.62. The van der Waals surface area contributed by atoms with Crippen LogP contribution in [0.2, 0.25) is 0 Å². The highest BCUT2D eigenvalue weighted by molar-refractivity contribution is 7.99. The molecule has 1 aliphatic heterocycles. The summed E-state index contributed by atoms with van der Waals surface area (Å²) >= 11 is 3.82. The van der Waals surface area contributed by atoms with Crippen LogP contribution in [0.4, 0.5) is 5.13 Å². The van der Waals surface area contributed by atoms with Gasteiger partial charge in [0.15, 0.2) is 10.8 Å². The summed E-state index contributed by atoms with van der Waals surface area (Å²) in [6.45, 7) is 13.0. The number of aromatic nitrogens is 4. The van der Waals surface area contributed by atoms with E-state index in [-0.39, 0.29) is 0 Å². The van der Waals surface area contributed by atoms with Gasteiger partial charge in [0, 0.05) is 30.2 Å². The number of thioether (sulfide) groups is 1. The number of nitrogens with zero attached hydrogens (tertiary/aromatic N) is 5. The highest BCUT2D eigenvalue weighted by atomic mass is 32.2. The van der Waals surface area contributed by atoms with Crippen LogP contribution in [0.3, 0.4) is 0 Å². The number of fused-ring (bicyclic) bond motifs is 1. The fourth-order valence-corrected chi connectivity index (χ4v) is 6.16. The van der Waals surface area contributed by atoms with Crippen LogP contribution in [0.15, 0.2) is 6.07 Å². The lowest BCUT2D eigenvalue weighted by molar-refractivity contribution is 0.638. The zero-order valence-corrected chi connectivity index (χ0v) is 19.1.